The third-order valence-electron chi connectivity index (χ3n) is 7.91. The number of nitrogens with zero attached hydrogens (tertiary/aromatic N) is 4. The number of ether oxygens (including phenoxy) is 1. The van der Waals surface area contributed by atoms with Gasteiger partial charge in [-0.2, -0.15) is 4.98 Å². The molecule has 1 fully saturated rings. The quantitative estimate of drug-likeness (QED) is 0.474. The van der Waals surface area contributed by atoms with Crippen molar-refractivity contribution in [1.82, 2.24) is 14.8 Å². The fourth-order valence-corrected chi connectivity index (χ4v) is 5.79. The molecule has 1 amide bonds. The molecule has 190 valence electrons. The van der Waals surface area contributed by atoms with E-state index in [4.69, 9.17) is 9.72 Å². The lowest BCUT2D eigenvalue weighted by Crippen LogP contribution is -2.49. The van der Waals surface area contributed by atoms with Crippen molar-refractivity contribution in [3.63, 3.8) is 0 Å². The largest absolute Gasteiger partial charge is 0.444 e. The van der Waals surface area contributed by atoms with Crippen LogP contribution in [0.3, 0.4) is 0 Å². The van der Waals surface area contributed by atoms with Crippen LogP contribution in [0.2, 0.25) is 0 Å². The summed E-state index contributed by atoms with van der Waals surface area (Å²) in [5.74, 6) is 0.980. The number of likely N-dealkylation sites (tertiary alicyclic amines) is 1. The first kappa shape index (κ1) is 24.7. The maximum Gasteiger partial charge on any atom is 0.366 e. The van der Waals surface area contributed by atoms with E-state index < -0.39 is 5.41 Å². The van der Waals surface area contributed by atoms with Gasteiger partial charge in [-0.25, -0.2) is 0 Å². The molecule has 7 nitrogen and oxygen atoms in total. The Labute approximate surface area is 214 Å². The number of carbonyl (C=O) groups excluding carboxylic acids is 1. The Morgan fingerprint density at radius 2 is 1.89 bits per heavy atom. The van der Waals surface area contributed by atoms with Gasteiger partial charge >= 0.3 is 5.88 Å². The second-order valence-corrected chi connectivity index (χ2v) is 10.8. The van der Waals surface area contributed by atoms with E-state index in [0.29, 0.717) is 12.6 Å². The van der Waals surface area contributed by atoms with Crippen LogP contribution in [-0.4, -0.2) is 74.1 Å². The number of likely N-dealkylation sites (N-methyl/N-ethyl adjacent to an activating group) is 1. The normalized spacial score (nSPS) is 17.5. The average Bonchev–Trinajstić information content (AvgIpc) is 3.09. The molecule has 0 unspecified atom stereocenters. The number of amides is 1. The Hall–Kier alpha value is -3.03. The maximum atomic E-state index is 13.7. The summed E-state index contributed by atoms with van der Waals surface area (Å²) in [5.41, 5.74) is 4.77. The van der Waals surface area contributed by atoms with Crippen molar-refractivity contribution in [3.05, 3.63) is 48.3 Å². The third-order valence-corrected chi connectivity index (χ3v) is 7.91. The molecule has 0 aliphatic carbocycles. The lowest BCUT2D eigenvalue weighted by atomic mass is 9.72. The molecule has 1 aromatic carbocycles. The molecule has 1 saturated heterocycles. The number of carbonyl (C=O) groups is 1. The summed E-state index contributed by atoms with van der Waals surface area (Å²) in [6, 6.07) is 11.0. The molecule has 1 N–H and O–H groups in total. The minimum absolute atomic E-state index is 0.213. The number of fused-ring (bicyclic) bond motifs is 4. The molecule has 2 aliphatic rings. The van der Waals surface area contributed by atoms with Crippen molar-refractivity contribution in [3.8, 4) is 17.0 Å². The molecule has 4 heterocycles. The van der Waals surface area contributed by atoms with E-state index in [1.165, 1.54) is 0 Å². The summed E-state index contributed by atoms with van der Waals surface area (Å²) in [5, 5.41) is 1.09. The summed E-state index contributed by atoms with van der Waals surface area (Å²) < 4.78 is 5.86. The summed E-state index contributed by atoms with van der Waals surface area (Å²) in [6.45, 7) is 8.02. The molecule has 0 atom stereocenters. The first-order valence-corrected chi connectivity index (χ1v) is 13.1. The number of nitrogens with one attached hydrogen (secondary N) is 1. The number of piperidine rings is 1. The van der Waals surface area contributed by atoms with Crippen LogP contribution >= 0.6 is 0 Å². The lowest BCUT2D eigenvalue weighted by Gasteiger charge is -2.40. The molecule has 0 bridgehead atoms. The van der Waals surface area contributed by atoms with E-state index in [1.54, 1.807) is 0 Å². The van der Waals surface area contributed by atoms with Gasteiger partial charge in [0.05, 0.1) is 35.5 Å². The second-order valence-electron chi connectivity index (χ2n) is 10.8. The molecule has 7 heteroatoms. The number of rotatable bonds is 7. The minimum Gasteiger partial charge on any atom is -0.444 e. The van der Waals surface area contributed by atoms with Gasteiger partial charge in [0, 0.05) is 36.1 Å². The van der Waals surface area contributed by atoms with Crippen molar-refractivity contribution >= 4 is 22.5 Å². The van der Waals surface area contributed by atoms with Gasteiger partial charge in [0.1, 0.15) is 0 Å². The predicted octanol–water partition coefficient (Wildman–Crippen LogP) is 3.76. The molecule has 1 spiro atoms. The summed E-state index contributed by atoms with van der Waals surface area (Å²) in [4.78, 5) is 28.1. The monoisotopic (exact) mass is 488 g/mol. The van der Waals surface area contributed by atoms with E-state index in [-0.39, 0.29) is 5.91 Å². The van der Waals surface area contributed by atoms with Crippen molar-refractivity contribution in [1.29, 1.82) is 0 Å². The van der Waals surface area contributed by atoms with Crippen molar-refractivity contribution in [2.24, 2.45) is 0 Å². The van der Waals surface area contributed by atoms with Gasteiger partial charge < -0.3 is 19.4 Å². The van der Waals surface area contributed by atoms with E-state index >= 15 is 0 Å². The topological polar surface area (TPSA) is 63.1 Å². The van der Waals surface area contributed by atoms with E-state index in [9.17, 15) is 4.79 Å². The highest BCUT2D eigenvalue weighted by molar-refractivity contribution is 6.12. The zero-order valence-corrected chi connectivity index (χ0v) is 22.2. The molecule has 0 radical (unpaired) electrons. The number of hydrogen-bond acceptors (Lipinski definition) is 5. The number of aromatic amines is 1. The van der Waals surface area contributed by atoms with Gasteiger partial charge in [0.15, 0.2) is 6.20 Å². The Kier molecular flexibility index (Phi) is 6.70. The van der Waals surface area contributed by atoms with E-state index in [0.717, 1.165) is 78.1 Å². The first-order chi connectivity index (χ1) is 17.3. The standard InChI is InChI=1S/C29H37N5O2/c1-20(2)34-14-11-29(12-15-34)27-23-17-21(7-9-24(23)30-19-25(27)33(5)28(29)35)22-8-10-26(31-18-22)36-16-6-13-32(3)4/h7-10,17-20H,6,11-16H2,1-5H3/p+1. The molecule has 0 saturated carbocycles. The highest BCUT2D eigenvalue weighted by atomic mass is 16.5. The number of aromatic nitrogens is 2. The molecule has 36 heavy (non-hydrogen) atoms. The van der Waals surface area contributed by atoms with Gasteiger partial charge in [-0.05, 0) is 84.1 Å². The summed E-state index contributed by atoms with van der Waals surface area (Å²) in [6.07, 6.45) is 6.55. The van der Waals surface area contributed by atoms with Crippen LogP contribution in [0.1, 0.15) is 38.7 Å². The van der Waals surface area contributed by atoms with Crippen LogP contribution in [-0.2, 0) is 10.2 Å². The van der Waals surface area contributed by atoms with Crippen LogP contribution < -0.4 is 14.6 Å². The predicted molar refractivity (Wildman–Crippen MR) is 143 cm³/mol. The molecular weight excluding hydrogens is 450 g/mol. The van der Waals surface area contributed by atoms with Gasteiger partial charge in [0.25, 0.3) is 0 Å². The Balaban J connectivity index is 1.46. The highest BCUT2D eigenvalue weighted by Gasteiger charge is 2.52. The van der Waals surface area contributed by atoms with Crippen LogP contribution in [0.4, 0.5) is 5.69 Å². The third kappa shape index (κ3) is 4.35. The van der Waals surface area contributed by atoms with Crippen LogP contribution in [0, 0.1) is 0 Å². The minimum atomic E-state index is -0.467. The number of pyridine rings is 2. The van der Waals surface area contributed by atoms with Crippen LogP contribution in [0.25, 0.3) is 22.0 Å². The number of hydrogen-bond donors (Lipinski definition) is 0. The second kappa shape index (κ2) is 9.79. The molecule has 2 aliphatic heterocycles. The van der Waals surface area contributed by atoms with Crippen LogP contribution in [0.5, 0.6) is 5.88 Å². The van der Waals surface area contributed by atoms with Gasteiger partial charge in [0.2, 0.25) is 5.91 Å². The molecule has 2 aromatic heterocycles. The van der Waals surface area contributed by atoms with Gasteiger partial charge in [-0.1, -0.05) is 6.07 Å². The average molecular weight is 489 g/mol. The Morgan fingerprint density at radius 3 is 2.56 bits per heavy atom. The Bertz CT molecular complexity index is 1250. The number of benzene rings is 1. The van der Waals surface area contributed by atoms with Crippen LogP contribution in [0.15, 0.2) is 42.7 Å². The molecule has 5 rings (SSSR count). The zero-order valence-electron chi connectivity index (χ0n) is 22.2. The van der Waals surface area contributed by atoms with E-state index in [1.807, 2.05) is 30.4 Å². The fourth-order valence-electron chi connectivity index (χ4n) is 5.79. The number of H-pyrrole nitrogens is 1. The van der Waals surface area contributed by atoms with Gasteiger partial charge in [-0.3, -0.25) is 9.78 Å². The van der Waals surface area contributed by atoms with Crippen molar-refractivity contribution < 1.29 is 14.5 Å². The maximum absolute atomic E-state index is 13.7. The SMILES string of the molecule is CC(C)N1CCC2(CC1)C(=O)N(C)c1cnc3ccc(-c4ccc(OCCCN(C)C)[nH+]c4)cc3c12. The van der Waals surface area contributed by atoms with Crippen molar-refractivity contribution in [2.75, 3.05) is 52.3 Å². The highest BCUT2D eigenvalue weighted by Crippen LogP contribution is 2.50. The zero-order chi connectivity index (χ0) is 25.4. The summed E-state index contributed by atoms with van der Waals surface area (Å²) >= 11 is 0. The molecular formula is C29H38N5O2+. The molecule has 3 aromatic rings. The Morgan fingerprint density at radius 1 is 1.14 bits per heavy atom. The lowest BCUT2D eigenvalue weighted by molar-refractivity contribution is -0.393. The van der Waals surface area contributed by atoms with E-state index in [2.05, 4.69) is 67.0 Å². The van der Waals surface area contributed by atoms with Gasteiger partial charge in [-0.15, -0.1) is 0 Å². The van der Waals surface area contributed by atoms with Crippen molar-refractivity contribution in [2.45, 2.75) is 44.6 Å². The fraction of sp³-hybridized carbons (Fsp3) is 0.483. The first-order valence-electron chi connectivity index (χ1n) is 13.1. The summed E-state index contributed by atoms with van der Waals surface area (Å²) in [7, 11) is 6.04. The smallest absolute Gasteiger partial charge is 0.366 e. The number of anilines is 1.